The molecule has 0 radical (unpaired) electrons. The van der Waals surface area contributed by atoms with Gasteiger partial charge in [0.2, 0.25) is 11.8 Å². The standard InChI is InChI=1S/C41H78N2O7/c1-3-5-7-9-11-12-13-14-15-16-17-18-19-20-21-23-29-33-40(47)50-36(30-26-22-10-8-6-4-2)31-27-24-25-28-32-38(45)42-34-39(46)43-37(35-44)41(48)49/h36-37,44H,3-35H2,1-2H3,(H,42,45)(H,43,46)(H,48,49). The van der Waals surface area contributed by atoms with Crippen LogP contribution in [0.25, 0.3) is 0 Å². The minimum Gasteiger partial charge on any atom is -0.480 e. The van der Waals surface area contributed by atoms with Crippen molar-refractivity contribution in [2.24, 2.45) is 0 Å². The zero-order valence-electron chi connectivity index (χ0n) is 32.4. The Balaban J connectivity index is 4.06. The molecule has 0 aliphatic carbocycles. The second kappa shape index (κ2) is 36.6. The smallest absolute Gasteiger partial charge is 0.328 e. The number of hydrogen-bond acceptors (Lipinski definition) is 6. The van der Waals surface area contributed by atoms with Crippen molar-refractivity contribution in [3.63, 3.8) is 0 Å². The molecule has 0 aromatic heterocycles. The molecule has 2 amide bonds. The first kappa shape index (κ1) is 47.8. The number of aliphatic hydroxyl groups is 1. The van der Waals surface area contributed by atoms with Gasteiger partial charge in [0.05, 0.1) is 13.2 Å². The van der Waals surface area contributed by atoms with Gasteiger partial charge in [-0.3, -0.25) is 14.4 Å². The van der Waals surface area contributed by atoms with E-state index in [1.807, 2.05) is 0 Å². The fraction of sp³-hybridized carbons (Fsp3) is 0.902. The molecule has 0 bridgehead atoms. The summed E-state index contributed by atoms with van der Waals surface area (Å²) in [4.78, 5) is 47.4. The first-order valence-electron chi connectivity index (χ1n) is 20.9. The molecule has 0 fully saturated rings. The lowest BCUT2D eigenvalue weighted by Crippen LogP contribution is -2.47. The molecule has 0 aliphatic rings. The van der Waals surface area contributed by atoms with Gasteiger partial charge in [-0.05, 0) is 38.5 Å². The number of carboxylic acids is 1. The van der Waals surface area contributed by atoms with Crippen molar-refractivity contribution in [3.05, 3.63) is 0 Å². The Bertz CT molecular complexity index is 823. The van der Waals surface area contributed by atoms with Crippen molar-refractivity contribution < 1.29 is 34.1 Å². The summed E-state index contributed by atoms with van der Waals surface area (Å²) in [5.74, 6) is -2.32. The molecular formula is C41H78N2O7. The van der Waals surface area contributed by atoms with E-state index in [0.29, 0.717) is 12.8 Å². The van der Waals surface area contributed by atoms with Crippen LogP contribution in [0.3, 0.4) is 0 Å². The fourth-order valence-electron chi connectivity index (χ4n) is 6.36. The quantitative estimate of drug-likeness (QED) is 0.0369. The average Bonchev–Trinajstić information content (AvgIpc) is 3.10. The zero-order chi connectivity index (χ0) is 36.9. The highest BCUT2D eigenvalue weighted by Crippen LogP contribution is 2.19. The summed E-state index contributed by atoms with van der Waals surface area (Å²) < 4.78 is 5.96. The number of carbonyl (C=O) groups excluding carboxylic acids is 3. The van der Waals surface area contributed by atoms with E-state index in [0.717, 1.165) is 51.4 Å². The van der Waals surface area contributed by atoms with Gasteiger partial charge in [-0.2, -0.15) is 0 Å². The number of esters is 1. The van der Waals surface area contributed by atoms with Crippen LogP contribution < -0.4 is 10.6 Å². The first-order valence-corrected chi connectivity index (χ1v) is 20.9. The zero-order valence-corrected chi connectivity index (χ0v) is 32.4. The van der Waals surface area contributed by atoms with Gasteiger partial charge in [-0.1, -0.05) is 162 Å². The first-order chi connectivity index (χ1) is 24.3. The predicted molar refractivity (Wildman–Crippen MR) is 204 cm³/mol. The lowest BCUT2D eigenvalue weighted by molar-refractivity contribution is -0.150. The van der Waals surface area contributed by atoms with E-state index >= 15 is 0 Å². The van der Waals surface area contributed by atoms with Gasteiger partial charge >= 0.3 is 11.9 Å². The molecule has 9 nitrogen and oxygen atoms in total. The van der Waals surface area contributed by atoms with Crippen molar-refractivity contribution >= 4 is 23.8 Å². The van der Waals surface area contributed by atoms with Crippen LogP contribution in [0.4, 0.5) is 0 Å². The molecule has 2 unspecified atom stereocenters. The summed E-state index contributed by atoms with van der Waals surface area (Å²) in [5, 5.41) is 22.5. The highest BCUT2D eigenvalue weighted by molar-refractivity contribution is 5.87. The number of ether oxygens (including phenoxy) is 1. The molecule has 0 heterocycles. The highest BCUT2D eigenvalue weighted by Gasteiger charge is 2.19. The molecule has 50 heavy (non-hydrogen) atoms. The fourth-order valence-corrected chi connectivity index (χ4v) is 6.36. The molecule has 2 atom stereocenters. The van der Waals surface area contributed by atoms with E-state index in [9.17, 15) is 19.2 Å². The Morgan fingerprint density at radius 3 is 1.30 bits per heavy atom. The van der Waals surface area contributed by atoms with E-state index < -0.39 is 24.5 Å². The third kappa shape index (κ3) is 33.0. The van der Waals surface area contributed by atoms with Crippen LogP contribution in [0.5, 0.6) is 0 Å². The van der Waals surface area contributed by atoms with E-state index in [1.165, 1.54) is 128 Å². The van der Waals surface area contributed by atoms with Crippen molar-refractivity contribution in [1.29, 1.82) is 0 Å². The molecule has 0 aromatic rings. The van der Waals surface area contributed by atoms with Crippen LogP contribution in [0.15, 0.2) is 0 Å². The number of hydrogen-bond donors (Lipinski definition) is 4. The maximum absolute atomic E-state index is 12.7. The predicted octanol–water partition coefficient (Wildman–Crippen LogP) is 9.71. The third-order valence-electron chi connectivity index (χ3n) is 9.60. The summed E-state index contributed by atoms with van der Waals surface area (Å²) in [5.41, 5.74) is 0. The summed E-state index contributed by atoms with van der Waals surface area (Å²) in [6.07, 6.45) is 35.7. The van der Waals surface area contributed by atoms with Crippen LogP contribution in [0.2, 0.25) is 0 Å². The van der Waals surface area contributed by atoms with Gasteiger partial charge in [0.15, 0.2) is 0 Å². The van der Waals surface area contributed by atoms with Gasteiger partial charge in [-0.15, -0.1) is 0 Å². The van der Waals surface area contributed by atoms with Crippen LogP contribution in [0.1, 0.15) is 213 Å². The molecule has 0 aliphatic heterocycles. The van der Waals surface area contributed by atoms with Gasteiger partial charge in [0.25, 0.3) is 0 Å². The number of aliphatic carboxylic acids is 1. The largest absolute Gasteiger partial charge is 0.480 e. The minimum atomic E-state index is -1.38. The van der Waals surface area contributed by atoms with E-state index in [4.69, 9.17) is 14.9 Å². The van der Waals surface area contributed by atoms with Crippen LogP contribution in [-0.4, -0.2) is 59.3 Å². The van der Waals surface area contributed by atoms with Crippen molar-refractivity contribution in [1.82, 2.24) is 10.6 Å². The summed E-state index contributed by atoms with van der Waals surface area (Å²) >= 11 is 0. The number of aliphatic hydroxyl groups excluding tert-OH is 1. The molecule has 0 aromatic carbocycles. The van der Waals surface area contributed by atoms with E-state index in [1.54, 1.807) is 0 Å². The average molecular weight is 711 g/mol. The van der Waals surface area contributed by atoms with Crippen LogP contribution >= 0.6 is 0 Å². The summed E-state index contributed by atoms with van der Waals surface area (Å²) in [7, 11) is 0. The third-order valence-corrected chi connectivity index (χ3v) is 9.60. The van der Waals surface area contributed by atoms with E-state index in [2.05, 4.69) is 24.5 Å². The number of carboxylic acid groups (broad SMARTS) is 1. The second-order valence-corrected chi connectivity index (χ2v) is 14.4. The SMILES string of the molecule is CCCCCCCCCCCCCCCCCCCC(=O)OC(CCCCCCCC)CCCCCCC(=O)NCC(=O)NC(CO)C(=O)O. The maximum atomic E-state index is 12.7. The lowest BCUT2D eigenvalue weighted by atomic mass is 10.0. The van der Waals surface area contributed by atoms with Gasteiger partial charge < -0.3 is 25.6 Å². The molecule has 0 saturated heterocycles. The topological polar surface area (TPSA) is 142 Å². The van der Waals surface area contributed by atoms with Gasteiger partial charge in [0.1, 0.15) is 12.1 Å². The Hall–Kier alpha value is -2.16. The molecule has 0 spiro atoms. The molecule has 294 valence electrons. The normalized spacial score (nSPS) is 12.4. The van der Waals surface area contributed by atoms with Crippen molar-refractivity contribution in [2.75, 3.05) is 13.2 Å². The number of unbranched alkanes of at least 4 members (excludes halogenated alkanes) is 24. The summed E-state index contributed by atoms with van der Waals surface area (Å²) in [6, 6.07) is -1.38. The number of nitrogens with one attached hydrogen (secondary N) is 2. The van der Waals surface area contributed by atoms with Crippen molar-refractivity contribution in [2.45, 2.75) is 225 Å². The molecule has 0 saturated carbocycles. The van der Waals surface area contributed by atoms with Gasteiger partial charge in [0, 0.05) is 12.8 Å². The van der Waals surface area contributed by atoms with E-state index in [-0.39, 0.29) is 30.9 Å². The van der Waals surface area contributed by atoms with Crippen LogP contribution in [0, 0.1) is 0 Å². The second-order valence-electron chi connectivity index (χ2n) is 14.4. The van der Waals surface area contributed by atoms with Crippen molar-refractivity contribution in [3.8, 4) is 0 Å². The maximum Gasteiger partial charge on any atom is 0.328 e. The Morgan fingerprint density at radius 2 is 0.900 bits per heavy atom. The Labute approximate surface area is 306 Å². The molecule has 0 rings (SSSR count). The summed E-state index contributed by atoms with van der Waals surface area (Å²) in [6.45, 7) is 3.46. The lowest BCUT2D eigenvalue weighted by Gasteiger charge is -2.18. The molecular weight excluding hydrogens is 632 g/mol. The monoisotopic (exact) mass is 711 g/mol. The highest BCUT2D eigenvalue weighted by atomic mass is 16.5. The number of carbonyl (C=O) groups is 4. The van der Waals surface area contributed by atoms with Crippen LogP contribution in [-0.2, 0) is 23.9 Å². The molecule has 9 heteroatoms. The number of rotatable bonds is 38. The molecule has 4 N–H and O–H groups in total. The number of amides is 2. The Kier molecular flexibility index (Phi) is 35.0. The van der Waals surface area contributed by atoms with Gasteiger partial charge in [-0.25, -0.2) is 4.79 Å². The Morgan fingerprint density at radius 1 is 0.520 bits per heavy atom. The minimum absolute atomic E-state index is 0.0326.